The zero-order valence-corrected chi connectivity index (χ0v) is 11.3. The van der Waals surface area contributed by atoms with Crippen LogP contribution in [0.1, 0.15) is 25.7 Å². The Kier molecular flexibility index (Phi) is 4.55. The fourth-order valence-corrected chi connectivity index (χ4v) is 2.50. The summed E-state index contributed by atoms with van der Waals surface area (Å²) >= 11 is 0. The molecule has 0 radical (unpaired) electrons. The third kappa shape index (κ3) is 3.81. The van der Waals surface area contributed by atoms with Gasteiger partial charge >= 0.3 is 0 Å². The Labute approximate surface area is 113 Å². The number of amides is 2. The van der Waals surface area contributed by atoms with Crippen LogP contribution < -0.4 is 5.32 Å². The van der Waals surface area contributed by atoms with Gasteiger partial charge in [-0.1, -0.05) is 31.0 Å². The number of hydrogen-bond acceptors (Lipinski definition) is 2. The lowest BCUT2D eigenvalue weighted by Crippen LogP contribution is -2.37. The number of anilines is 1. The maximum Gasteiger partial charge on any atom is 0.243 e. The third-order valence-electron chi connectivity index (χ3n) is 3.52. The molecule has 1 fully saturated rings. The number of hydrogen-bond donors (Lipinski definition) is 1. The van der Waals surface area contributed by atoms with Gasteiger partial charge < -0.3 is 10.2 Å². The Morgan fingerprint density at radius 2 is 1.84 bits per heavy atom. The van der Waals surface area contributed by atoms with E-state index < -0.39 is 0 Å². The van der Waals surface area contributed by atoms with Crippen LogP contribution in [-0.4, -0.2) is 30.3 Å². The lowest BCUT2D eigenvalue weighted by molar-refractivity contribution is -0.136. The van der Waals surface area contributed by atoms with Crippen LogP contribution in [0.5, 0.6) is 0 Å². The smallest absolute Gasteiger partial charge is 0.243 e. The SMILES string of the molecule is CN(CC(=O)Nc1ccccc1)C(=O)C1CCCC1. The lowest BCUT2D eigenvalue weighted by Gasteiger charge is -2.20. The first-order valence-electron chi connectivity index (χ1n) is 6.76. The van der Waals surface area contributed by atoms with Crippen molar-refractivity contribution in [3.63, 3.8) is 0 Å². The van der Waals surface area contributed by atoms with E-state index in [-0.39, 0.29) is 24.3 Å². The van der Waals surface area contributed by atoms with Crippen LogP contribution >= 0.6 is 0 Å². The summed E-state index contributed by atoms with van der Waals surface area (Å²) in [7, 11) is 1.70. The molecule has 0 aromatic heterocycles. The first-order valence-corrected chi connectivity index (χ1v) is 6.76. The van der Waals surface area contributed by atoms with Gasteiger partial charge in [0.25, 0.3) is 0 Å². The van der Waals surface area contributed by atoms with E-state index in [1.165, 1.54) is 4.90 Å². The number of nitrogens with zero attached hydrogens (tertiary/aromatic N) is 1. The van der Waals surface area contributed by atoms with Gasteiger partial charge in [0.15, 0.2) is 0 Å². The van der Waals surface area contributed by atoms with E-state index in [2.05, 4.69) is 5.32 Å². The molecule has 1 saturated carbocycles. The maximum atomic E-state index is 12.1. The summed E-state index contributed by atoms with van der Waals surface area (Å²) < 4.78 is 0. The van der Waals surface area contributed by atoms with Gasteiger partial charge in [0.1, 0.15) is 0 Å². The molecule has 0 bridgehead atoms. The highest BCUT2D eigenvalue weighted by atomic mass is 16.2. The number of benzene rings is 1. The first kappa shape index (κ1) is 13.6. The number of rotatable bonds is 4. The van der Waals surface area contributed by atoms with Crippen molar-refractivity contribution in [1.29, 1.82) is 0 Å². The van der Waals surface area contributed by atoms with Crippen LogP contribution in [0, 0.1) is 5.92 Å². The van der Waals surface area contributed by atoms with Crippen molar-refractivity contribution < 1.29 is 9.59 Å². The second-order valence-electron chi connectivity index (χ2n) is 5.09. The van der Waals surface area contributed by atoms with E-state index >= 15 is 0 Å². The van der Waals surface area contributed by atoms with E-state index in [0.29, 0.717) is 0 Å². The minimum atomic E-state index is -0.153. The second-order valence-corrected chi connectivity index (χ2v) is 5.09. The van der Waals surface area contributed by atoms with Gasteiger partial charge in [0, 0.05) is 18.7 Å². The summed E-state index contributed by atoms with van der Waals surface area (Å²) in [5.41, 5.74) is 0.759. The summed E-state index contributed by atoms with van der Waals surface area (Å²) in [6, 6.07) is 9.28. The number of carbonyl (C=O) groups is 2. The summed E-state index contributed by atoms with van der Waals surface area (Å²) in [6.07, 6.45) is 4.17. The summed E-state index contributed by atoms with van der Waals surface area (Å²) in [4.78, 5) is 25.5. The lowest BCUT2D eigenvalue weighted by atomic mass is 10.1. The zero-order valence-electron chi connectivity index (χ0n) is 11.3. The molecule has 0 heterocycles. The van der Waals surface area contributed by atoms with E-state index in [9.17, 15) is 9.59 Å². The van der Waals surface area contributed by atoms with Crippen LogP contribution in [0.3, 0.4) is 0 Å². The van der Waals surface area contributed by atoms with Gasteiger partial charge in [0.2, 0.25) is 11.8 Å². The molecule has 102 valence electrons. The highest BCUT2D eigenvalue weighted by molar-refractivity contribution is 5.94. The largest absolute Gasteiger partial charge is 0.336 e. The second kappa shape index (κ2) is 6.36. The molecule has 0 atom stereocenters. The molecule has 0 aliphatic heterocycles. The van der Waals surface area contributed by atoms with E-state index in [1.807, 2.05) is 30.3 Å². The van der Waals surface area contributed by atoms with E-state index in [0.717, 1.165) is 31.4 Å². The van der Waals surface area contributed by atoms with Crippen molar-refractivity contribution in [2.24, 2.45) is 5.92 Å². The Balaban J connectivity index is 1.83. The normalized spacial score (nSPS) is 15.2. The molecular formula is C15H20N2O2. The van der Waals surface area contributed by atoms with E-state index in [1.54, 1.807) is 7.05 Å². The number of likely N-dealkylation sites (N-methyl/N-ethyl adjacent to an activating group) is 1. The fraction of sp³-hybridized carbons (Fsp3) is 0.467. The molecule has 1 N–H and O–H groups in total. The highest BCUT2D eigenvalue weighted by Gasteiger charge is 2.26. The maximum absolute atomic E-state index is 12.1. The molecule has 0 unspecified atom stereocenters. The predicted octanol–water partition coefficient (Wildman–Crippen LogP) is 2.27. The van der Waals surface area contributed by atoms with Crippen molar-refractivity contribution in [2.45, 2.75) is 25.7 Å². The fourth-order valence-electron chi connectivity index (χ4n) is 2.50. The molecule has 4 heteroatoms. The monoisotopic (exact) mass is 260 g/mol. The van der Waals surface area contributed by atoms with Crippen molar-refractivity contribution in [3.8, 4) is 0 Å². The molecule has 1 aromatic rings. The Hall–Kier alpha value is -1.84. The highest BCUT2D eigenvalue weighted by Crippen LogP contribution is 2.26. The van der Waals surface area contributed by atoms with Crippen molar-refractivity contribution in [2.75, 3.05) is 18.9 Å². The summed E-state index contributed by atoms with van der Waals surface area (Å²) in [5.74, 6) is 0.0651. The van der Waals surface area contributed by atoms with Gasteiger partial charge in [-0.15, -0.1) is 0 Å². The van der Waals surface area contributed by atoms with Gasteiger partial charge in [0.05, 0.1) is 6.54 Å². The molecule has 2 rings (SSSR count). The molecule has 1 aliphatic rings. The van der Waals surface area contributed by atoms with Gasteiger partial charge in [-0.25, -0.2) is 0 Å². The minimum Gasteiger partial charge on any atom is -0.336 e. The average Bonchev–Trinajstić information content (AvgIpc) is 2.92. The molecule has 0 saturated heterocycles. The Morgan fingerprint density at radius 1 is 1.21 bits per heavy atom. The third-order valence-corrected chi connectivity index (χ3v) is 3.52. The molecule has 0 spiro atoms. The van der Waals surface area contributed by atoms with Crippen molar-refractivity contribution in [3.05, 3.63) is 30.3 Å². The standard InChI is InChI=1S/C15H20N2O2/c1-17(15(19)12-7-5-6-8-12)11-14(18)16-13-9-3-2-4-10-13/h2-4,9-10,12H,5-8,11H2,1H3,(H,16,18). The molecule has 19 heavy (non-hydrogen) atoms. The van der Waals surface area contributed by atoms with E-state index in [4.69, 9.17) is 0 Å². The number of carbonyl (C=O) groups excluding carboxylic acids is 2. The first-order chi connectivity index (χ1) is 9.16. The van der Waals surface area contributed by atoms with Crippen LogP contribution in [-0.2, 0) is 9.59 Å². The van der Waals surface area contributed by atoms with Crippen molar-refractivity contribution in [1.82, 2.24) is 4.90 Å². The molecular weight excluding hydrogens is 240 g/mol. The summed E-state index contributed by atoms with van der Waals surface area (Å²) in [6.45, 7) is 0.115. The summed E-state index contributed by atoms with van der Waals surface area (Å²) in [5, 5.41) is 2.79. The zero-order chi connectivity index (χ0) is 13.7. The quantitative estimate of drug-likeness (QED) is 0.903. The Bertz CT molecular complexity index is 439. The molecule has 1 aliphatic carbocycles. The minimum absolute atomic E-state index is 0.0979. The topological polar surface area (TPSA) is 49.4 Å². The molecule has 2 amide bonds. The number of nitrogens with one attached hydrogen (secondary N) is 1. The van der Waals surface area contributed by atoms with Gasteiger partial charge in [-0.2, -0.15) is 0 Å². The van der Waals surface area contributed by atoms with Gasteiger partial charge in [-0.05, 0) is 25.0 Å². The Morgan fingerprint density at radius 3 is 2.47 bits per heavy atom. The number of para-hydroxylation sites is 1. The van der Waals surface area contributed by atoms with Crippen LogP contribution in [0.15, 0.2) is 30.3 Å². The van der Waals surface area contributed by atoms with Crippen LogP contribution in [0.25, 0.3) is 0 Å². The van der Waals surface area contributed by atoms with Crippen LogP contribution in [0.2, 0.25) is 0 Å². The molecule has 4 nitrogen and oxygen atoms in total. The van der Waals surface area contributed by atoms with Crippen LogP contribution in [0.4, 0.5) is 5.69 Å². The molecule has 1 aromatic carbocycles. The predicted molar refractivity (Wildman–Crippen MR) is 74.7 cm³/mol. The van der Waals surface area contributed by atoms with Crippen molar-refractivity contribution >= 4 is 17.5 Å². The van der Waals surface area contributed by atoms with Gasteiger partial charge in [-0.3, -0.25) is 9.59 Å². The average molecular weight is 260 g/mol.